The molecule has 1 aromatic rings. The number of carbonyl (C=O) groups is 6. The average Bonchev–Trinajstić information content (AvgIpc) is 3.06. The number of pyridine rings is 1. The van der Waals surface area contributed by atoms with E-state index in [1.165, 1.54) is 19.2 Å². The molecule has 0 spiro atoms. The first-order valence-corrected chi connectivity index (χ1v) is 17.1. The minimum absolute atomic E-state index is 0.00929. The van der Waals surface area contributed by atoms with E-state index in [2.05, 4.69) is 38.1 Å². The SMILES string of the molecule is C=CC[C@H](NC(=O)[C@H](CCCCN)NC(=O)[C@H](CCCCN)NC(=O)[C@H](C)N)C(=O)N[C@@H](Cc1cccnc1)C(=O)N[C@@H](CC(C)C)C(=O)O. The molecule has 6 atom stereocenters. The Bertz CT molecular complexity index is 1250. The molecule has 0 unspecified atom stereocenters. The van der Waals surface area contributed by atoms with E-state index in [1.807, 2.05) is 13.8 Å². The number of hydrogen-bond donors (Lipinski definition) is 9. The summed E-state index contributed by atoms with van der Waals surface area (Å²) in [6.07, 6.45) is 7.27. The van der Waals surface area contributed by atoms with E-state index in [-0.39, 0.29) is 38.0 Å². The van der Waals surface area contributed by atoms with Crippen LogP contribution in [0.2, 0.25) is 0 Å². The van der Waals surface area contributed by atoms with E-state index in [4.69, 9.17) is 17.2 Å². The molecule has 1 rings (SSSR count). The topological polar surface area (TPSA) is 274 Å². The zero-order valence-electron chi connectivity index (χ0n) is 29.5. The van der Waals surface area contributed by atoms with E-state index in [9.17, 15) is 33.9 Å². The van der Waals surface area contributed by atoms with Crippen LogP contribution in [-0.2, 0) is 35.2 Å². The van der Waals surface area contributed by atoms with Crippen molar-refractivity contribution in [3.8, 4) is 0 Å². The minimum Gasteiger partial charge on any atom is -0.480 e. The number of aliphatic carboxylic acids is 1. The van der Waals surface area contributed by atoms with Gasteiger partial charge in [-0.3, -0.25) is 29.0 Å². The van der Waals surface area contributed by atoms with E-state index in [0.29, 0.717) is 44.3 Å². The maximum absolute atomic E-state index is 13.7. The summed E-state index contributed by atoms with van der Waals surface area (Å²) in [5.41, 5.74) is 17.6. The fraction of sp³-hybridized carbons (Fsp3) is 0.618. The Kier molecular flexibility index (Phi) is 20.8. The lowest BCUT2D eigenvalue weighted by atomic mass is 10.0. The van der Waals surface area contributed by atoms with Crippen molar-refractivity contribution in [2.45, 2.75) is 115 Å². The smallest absolute Gasteiger partial charge is 0.326 e. The van der Waals surface area contributed by atoms with Gasteiger partial charge in [-0.1, -0.05) is 26.0 Å². The quantitative estimate of drug-likeness (QED) is 0.0456. The molecule has 0 aliphatic heterocycles. The molecular weight excluding hydrogens is 646 g/mol. The van der Waals surface area contributed by atoms with E-state index < -0.39 is 71.8 Å². The minimum atomic E-state index is -1.21. The summed E-state index contributed by atoms with van der Waals surface area (Å²) in [5.74, 6) is -4.50. The number of nitrogens with one attached hydrogen (secondary N) is 5. The Balaban J connectivity index is 3.26. The highest BCUT2D eigenvalue weighted by atomic mass is 16.4. The number of unbranched alkanes of at least 4 members (excludes halogenated alkanes) is 2. The molecule has 5 amide bonds. The van der Waals surface area contributed by atoms with E-state index >= 15 is 0 Å². The van der Waals surface area contributed by atoms with Crippen LogP contribution in [0.5, 0.6) is 0 Å². The molecule has 12 N–H and O–H groups in total. The summed E-state index contributed by atoms with van der Waals surface area (Å²) in [7, 11) is 0. The largest absolute Gasteiger partial charge is 0.480 e. The monoisotopic (exact) mass is 703 g/mol. The number of carboxylic acids is 1. The molecule has 0 aliphatic rings. The predicted molar refractivity (Wildman–Crippen MR) is 189 cm³/mol. The molecule has 0 aromatic carbocycles. The Labute approximate surface area is 294 Å². The zero-order valence-corrected chi connectivity index (χ0v) is 29.5. The third-order valence-corrected chi connectivity index (χ3v) is 7.73. The summed E-state index contributed by atoms with van der Waals surface area (Å²) in [5, 5.41) is 22.9. The maximum atomic E-state index is 13.7. The van der Waals surface area contributed by atoms with Gasteiger partial charge in [0.15, 0.2) is 0 Å². The van der Waals surface area contributed by atoms with E-state index in [1.54, 1.807) is 18.3 Å². The first-order chi connectivity index (χ1) is 23.7. The molecule has 0 saturated heterocycles. The van der Waals surface area contributed by atoms with Gasteiger partial charge in [-0.2, -0.15) is 0 Å². The molecule has 0 bridgehead atoms. The normalized spacial score (nSPS) is 14.6. The van der Waals surface area contributed by atoms with Gasteiger partial charge in [-0.15, -0.1) is 6.58 Å². The fourth-order valence-electron chi connectivity index (χ4n) is 4.97. The first-order valence-electron chi connectivity index (χ1n) is 17.1. The van der Waals surface area contributed by atoms with Gasteiger partial charge in [0.05, 0.1) is 6.04 Å². The molecule has 1 heterocycles. The third-order valence-electron chi connectivity index (χ3n) is 7.73. The highest BCUT2D eigenvalue weighted by Crippen LogP contribution is 2.10. The summed E-state index contributed by atoms with van der Waals surface area (Å²) in [4.78, 5) is 82.4. The van der Waals surface area contributed by atoms with Gasteiger partial charge in [-0.25, -0.2) is 4.79 Å². The van der Waals surface area contributed by atoms with Crippen molar-refractivity contribution >= 4 is 35.5 Å². The van der Waals surface area contributed by atoms with Crippen LogP contribution >= 0.6 is 0 Å². The molecule has 1 aromatic heterocycles. The van der Waals surface area contributed by atoms with Crippen LogP contribution in [0.15, 0.2) is 37.2 Å². The molecule has 280 valence electrons. The van der Waals surface area contributed by atoms with Crippen molar-refractivity contribution < 1.29 is 33.9 Å². The van der Waals surface area contributed by atoms with Crippen LogP contribution in [0.4, 0.5) is 0 Å². The van der Waals surface area contributed by atoms with Crippen molar-refractivity contribution in [1.29, 1.82) is 0 Å². The molecule has 50 heavy (non-hydrogen) atoms. The number of rotatable bonds is 25. The van der Waals surface area contributed by atoms with Crippen molar-refractivity contribution in [2.75, 3.05) is 13.1 Å². The van der Waals surface area contributed by atoms with Crippen LogP contribution < -0.4 is 43.8 Å². The zero-order chi connectivity index (χ0) is 37.6. The third kappa shape index (κ3) is 16.8. The number of amides is 5. The number of hydrogen-bond acceptors (Lipinski definition) is 10. The van der Waals surface area contributed by atoms with Crippen LogP contribution in [0.3, 0.4) is 0 Å². The summed E-state index contributed by atoms with van der Waals surface area (Å²) < 4.78 is 0. The van der Waals surface area contributed by atoms with Gasteiger partial charge < -0.3 is 48.9 Å². The Morgan fingerprint density at radius 2 is 1.24 bits per heavy atom. The maximum Gasteiger partial charge on any atom is 0.326 e. The summed E-state index contributed by atoms with van der Waals surface area (Å²) in [6, 6.07) is -3.18. The van der Waals surface area contributed by atoms with Gasteiger partial charge in [0.25, 0.3) is 0 Å². The number of nitrogens with two attached hydrogens (primary N) is 3. The van der Waals surface area contributed by atoms with Crippen LogP contribution in [0, 0.1) is 5.92 Å². The number of aromatic nitrogens is 1. The lowest BCUT2D eigenvalue weighted by Gasteiger charge is -2.27. The van der Waals surface area contributed by atoms with E-state index in [0.717, 1.165) is 0 Å². The molecule has 0 fully saturated rings. The fourth-order valence-corrected chi connectivity index (χ4v) is 4.97. The lowest BCUT2D eigenvalue weighted by Crippen LogP contribution is -2.59. The summed E-state index contributed by atoms with van der Waals surface area (Å²) in [6.45, 7) is 9.57. The lowest BCUT2D eigenvalue weighted by molar-refractivity contribution is -0.142. The highest BCUT2D eigenvalue weighted by Gasteiger charge is 2.32. The Morgan fingerprint density at radius 1 is 0.760 bits per heavy atom. The number of carbonyl (C=O) groups excluding carboxylic acids is 5. The van der Waals surface area contributed by atoms with Gasteiger partial charge in [0.2, 0.25) is 29.5 Å². The van der Waals surface area contributed by atoms with Crippen LogP contribution in [0.1, 0.15) is 77.7 Å². The molecule has 16 heteroatoms. The molecule has 0 radical (unpaired) electrons. The number of nitrogens with zero attached hydrogens (tertiary/aromatic N) is 1. The summed E-state index contributed by atoms with van der Waals surface area (Å²) >= 11 is 0. The van der Waals surface area contributed by atoms with Crippen LogP contribution in [-0.4, -0.2) is 94.9 Å². The second-order valence-electron chi connectivity index (χ2n) is 12.7. The molecular formula is C34H57N9O7. The average molecular weight is 704 g/mol. The predicted octanol–water partition coefficient (Wildman–Crippen LogP) is -0.640. The van der Waals surface area contributed by atoms with Gasteiger partial charge in [0.1, 0.15) is 30.2 Å². The Hall–Kier alpha value is -4.41. The second kappa shape index (κ2) is 23.9. The van der Waals surface area contributed by atoms with Crippen molar-refractivity contribution in [3.63, 3.8) is 0 Å². The van der Waals surface area contributed by atoms with Crippen LogP contribution in [0.25, 0.3) is 0 Å². The first kappa shape index (κ1) is 43.6. The Morgan fingerprint density at radius 3 is 1.70 bits per heavy atom. The number of carboxylic acid groups (broad SMARTS) is 1. The van der Waals surface area contributed by atoms with Crippen molar-refractivity contribution in [1.82, 2.24) is 31.6 Å². The van der Waals surface area contributed by atoms with Gasteiger partial charge >= 0.3 is 5.97 Å². The standard InChI is InChI=1S/C34H57N9O7/c1-5-11-24(30(45)42-27(19-23-12-10-17-38-20-23)33(48)43-28(34(49)50)18-21(2)3)40-32(47)26(14-7-9-16-36)41-31(46)25(13-6-8-15-35)39-29(44)22(4)37/h5,10,12,17,20-22,24-28H,1,6-9,11,13-16,18-19,35-37H2,2-4H3,(H,39,44)(H,40,47)(H,41,46)(H,42,45)(H,43,48)(H,49,50)/t22-,24-,25-,26-,27-,28-/m0/s1. The molecule has 0 saturated carbocycles. The molecule has 0 aliphatic carbocycles. The highest BCUT2D eigenvalue weighted by molar-refractivity contribution is 5.96. The van der Waals surface area contributed by atoms with Crippen molar-refractivity contribution in [2.24, 2.45) is 23.1 Å². The van der Waals surface area contributed by atoms with Gasteiger partial charge in [0, 0.05) is 18.8 Å². The van der Waals surface area contributed by atoms with Crippen molar-refractivity contribution in [3.05, 3.63) is 42.7 Å². The second-order valence-corrected chi connectivity index (χ2v) is 12.7. The molecule has 16 nitrogen and oxygen atoms in total. The van der Waals surface area contributed by atoms with Gasteiger partial charge in [-0.05, 0) is 88.9 Å².